The molecular formula is C21H35N3O4. The summed E-state index contributed by atoms with van der Waals surface area (Å²) in [5, 5.41) is 8.87. The summed E-state index contributed by atoms with van der Waals surface area (Å²) in [4.78, 5) is 35.2. The normalized spacial score (nSPS) is 16.8. The Morgan fingerprint density at radius 3 is 2.39 bits per heavy atom. The maximum Gasteiger partial charge on any atom is 0.253 e. The number of hydrogen-bond acceptors (Lipinski definition) is 6. The van der Waals surface area contributed by atoms with Gasteiger partial charge in [0, 0.05) is 32.7 Å². The number of carbonyl (C=O) groups excluding carboxylic acids is 1. The number of ether oxygens (including phenoxy) is 1. The van der Waals surface area contributed by atoms with Gasteiger partial charge >= 0.3 is 0 Å². The van der Waals surface area contributed by atoms with Crippen LogP contribution >= 0.6 is 0 Å². The van der Waals surface area contributed by atoms with Gasteiger partial charge in [-0.3, -0.25) is 14.4 Å². The molecule has 158 valence electrons. The predicted molar refractivity (Wildman–Crippen MR) is 113 cm³/mol. The average Bonchev–Trinajstić information content (AvgIpc) is 2.72. The number of carbonyl (C=O) groups is 1. The lowest BCUT2D eigenvalue weighted by Crippen LogP contribution is -2.39. The number of hydrogen-bond donors (Lipinski definition) is 3. The molecule has 28 heavy (non-hydrogen) atoms. The Balaban J connectivity index is 1.54. The van der Waals surface area contributed by atoms with E-state index in [-0.39, 0.29) is 5.91 Å². The number of anilines is 2. The van der Waals surface area contributed by atoms with Crippen molar-refractivity contribution in [3.05, 3.63) is 20.4 Å². The molecule has 1 saturated heterocycles. The third-order valence-corrected chi connectivity index (χ3v) is 5.20. The number of rotatable bonds is 14. The molecule has 0 saturated carbocycles. The van der Waals surface area contributed by atoms with Crippen LogP contribution in [0.3, 0.4) is 0 Å². The smallest absolute Gasteiger partial charge is 0.253 e. The number of nitrogens with one attached hydrogen (secondary N) is 3. The van der Waals surface area contributed by atoms with E-state index in [1.54, 1.807) is 0 Å². The van der Waals surface area contributed by atoms with Gasteiger partial charge in [-0.25, -0.2) is 0 Å². The van der Waals surface area contributed by atoms with E-state index in [9.17, 15) is 14.4 Å². The van der Waals surface area contributed by atoms with Crippen molar-refractivity contribution in [3.8, 4) is 0 Å². The molecule has 2 rings (SSSR count). The molecule has 1 atom stereocenters. The van der Waals surface area contributed by atoms with Crippen LogP contribution in [0, 0.1) is 0 Å². The lowest BCUT2D eigenvalue weighted by Gasteiger charge is -2.22. The largest absolute Gasteiger partial charge is 0.380 e. The number of unbranched alkanes of at least 4 members (excludes halogenated alkanes) is 3. The van der Waals surface area contributed by atoms with Gasteiger partial charge in [-0.2, -0.15) is 0 Å². The van der Waals surface area contributed by atoms with Crippen LogP contribution in [0.15, 0.2) is 9.59 Å². The molecule has 1 aliphatic rings. The Labute approximate surface area is 167 Å². The van der Waals surface area contributed by atoms with Crippen LogP contribution < -0.4 is 26.8 Å². The second-order valence-corrected chi connectivity index (χ2v) is 7.55. The van der Waals surface area contributed by atoms with Gasteiger partial charge in [0.25, 0.3) is 10.9 Å². The van der Waals surface area contributed by atoms with Crippen LogP contribution in [0.2, 0.25) is 0 Å². The first-order valence-corrected chi connectivity index (χ1v) is 10.8. The summed E-state index contributed by atoms with van der Waals surface area (Å²) in [7, 11) is 0. The van der Waals surface area contributed by atoms with E-state index in [2.05, 4.69) is 22.9 Å². The first-order valence-electron chi connectivity index (χ1n) is 10.8. The summed E-state index contributed by atoms with van der Waals surface area (Å²) in [6.07, 6.45) is 10.5. The van der Waals surface area contributed by atoms with E-state index in [0.29, 0.717) is 43.5 Å². The molecule has 1 aliphatic heterocycles. The van der Waals surface area contributed by atoms with Crippen molar-refractivity contribution in [2.24, 2.45) is 0 Å². The highest BCUT2D eigenvalue weighted by Gasteiger charge is 2.19. The van der Waals surface area contributed by atoms with Gasteiger partial charge in [0.2, 0.25) is 5.91 Å². The van der Waals surface area contributed by atoms with Crippen molar-refractivity contribution in [1.29, 1.82) is 0 Å². The van der Waals surface area contributed by atoms with E-state index in [0.717, 1.165) is 51.6 Å². The van der Waals surface area contributed by atoms with Crippen LogP contribution in [0.25, 0.3) is 0 Å². The molecule has 0 aromatic heterocycles. The second kappa shape index (κ2) is 12.5. The van der Waals surface area contributed by atoms with Gasteiger partial charge in [0.15, 0.2) is 0 Å². The fourth-order valence-electron chi connectivity index (χ4n) is 3.49. The van der Waals surface area contributed by atoms with Crippen molar-refractivity contribution in [3.63, 3.8) is 0 Å². The summed E-state index contributed by atoms with van der Waals surface area (Å²) in [6, 6.07) is 0. The Hall–Kier alpha value is -1.89. The van der Waals surface area contributed by atoms with Crippen LogP contribution in [0.1, 0.15) is 71.1 Å². The summed E-state index contributed by atoms with van der Waals surface area (Å²) >= 11 is 0. The van der Waals surface area contributed by atoms with E-state index in [1.807, 2.05) is 0 Å². The minimum Gasteiger partial charge on any atom is -0.380 e. The Morgan fingerprint density at radius 2 is 1.71 bits per heavy atom. The van der Waals surface area contributed by atoms with Crippen LogP contribution in [0.5, 0.6) is 0 Å². The van der Waals surface area contributed by atoms with E-state index < -0.39 is 10.9 Å². The van der Waals surface area contributed by atoms with Gasteiger partial charge in [0.1, 0.15) is 11.4 Å². The van der Waals surface area contributed by atoms with Crippen molar-refractivity contribution in [1.82, 2.24) is 5.32 Å². The Kier molecular flexibility index (Phi) is 10.0. The predicted octanol–water partition coefficient (Wildman–Crippen LogP) is 2.54. The zero-order chi connectivity index (χ0) is 20.2. The molecule has 3 N–H and O–H groups in total. The van der Waals surface area contributed by atoms with Crippen molar-refractivity contribution in [2.75, 3.05) is 36.9 Å². The first kappa shape index (κ1) is 22.4. The second-order valence-electron chi connectivity index (χ2n) is 7.55. The zero-order valence-corrected chi connectivity index (χ0v) is 17.1. The average molecular weight is 394 g/mol. The standard InChI is InChI=1S/C21H35N3O4/c1-2-3-7-12-23-18-19(21(27)20(18)26)24-14-13-22-17(25)11-5-4-9-16-10-6-8-15-28-16/h16,23-24H,2-15H2,1H3,(H,22,25). The van der Waals surface area contributed by atoms with Crippen LogP contribution in [-0.2, 0) is 9.53 Å². The lowest BCUT2D eigenvalue weighted by atomic mass is 10.0. The highest BCUT2D eigenvalue weighted by molar-refractivity contribution is 5.76. The monoisotopic (exact) mass is 393 g/mol. The highest BCUT2D eigenvalue weighted by Crippen LogP contribution is 2.18. The molecule has 7 heteroatoms. The lowest BCUT2D eigenvalue weighted by molar-refractivity contribution is -0.121. The van der Waals surface area contributed by atoms with Crippen molar-refractivity contribution < 1.29 is 9.53 Å². The summed E-state index contributed by atoms with van der Waals surface area (Å²) in [6.45, 7) is 4.53. The quantitative estimate of drug-likeness (QED) is 0.332. The molecule has 1 aromatic carbocycles. The topological polar surface area (TPSA) is 96.5 Å². The molecule has 0 radical (unpaired) electrons. The van der Waals surface area contributed by atoms with Gasteiger partial charge < -0.3 is 20.7 Å². The van der Waals surface area contributed by atoms with Crippen LogP contribution in [-0.4, -0.2) is 38.3 Å². The maximum atomic E-state index is 11.9. The molecule has 1 fully saturated rings. The van der Waals surface area contributed by atoms with E-state index >= 15 is 0 Å². The molecule has 1 heterocycles. The van der Waals surface area contributed by atoms with Gasteiger partial charge in [-0.1, -0.05) is 26.2 Å². The third kappa shape index (κ3) is 7.26. The highest BCUT2D eigenvalue weighted by atomic mass is 16.5. The molecule has 7 nitrogen and oxygen atoms in total. The fourth-order valence-corrected chi connectivity index (χ4v) is 3.49. The Morgan fingerprint density at radius 1 is 0.964 bits per heavy atom. The maximum absolute atomic E-state index is 11.9. The summed E-state index contributed by atoms with van der Waals surface area (Å²) < 4.78 is 5.69. The zero-order valence-electron chi connectivity index (χ0n) is 17.1. The Bertz CT molecular complexity index is 661. The fraction of sp³-hybridized carbons (Fsp3) is 0.762. The minimum atomic E-state index is -0.478. The van der Waals surface area contributed by atoms with Crippen LogP contribution in [0.4, 0.5) is 11.4 Å². The molecule has 1 unspecified atom stereocenters. The van der Waals surface area contributed by atoms with Gasteiger partial charge in [-0.05, 0) is 38.5 Å². The SMILES string of the molecule is CCCCCNc1c(NCCNC(=O)CCCCC2CCCCO2)c(=O)c1=O. The van der Waals surface area contributed by atoms with Crippen molar-refractivity contribution >= 4 is 17.3 Å². The van der Waals surface area contributed by atoms with E-state index in [1.165, 1.54) is 12.8 Å². The van der Waals surface area contributed by atoms with E-state index in [4.69, 9.17) is 4.74 Å². The number of amides is 1. The first-order chi connectivity index (χ1) is 13.6. The van der Waals surface area contributed by atoms with Gasteiger partial charge in [0.05, 0.1) is 6.10 Å². The molecule has 1 aromatic rings. The third-order valence-electron chi connectivity index (χ3n) is 5.20. The molecule has 0 spiro atoms. The molecule has 0 bridgehead atoms. The van der Waals surface area contributed by atoms with Crippen molar-refractivity contribution in [2.45, 2.75) is 77.2 Å². The molecular weight excluding hydrogens is 358 g/mol. The summed E-state index contributed by atoms with van der Waals surface area (Å²) in [5.74, 6) is 0.0225. The minimum absolute atomic E-state index is 0.0225. The molecule has 1 amide bonds. The van der Waals surface area contributed by atoms with Gasteiger partial charge in [-0.15, -0.1) is 0 Å². The molecule has 0 aliphatic carbocycles. The summed E-state index contributed by atoms with van der Waals surface area (Å²) in [5.41, 5.74) is -0.195.